The summed E-state index contributed by atoms with van der Waals surface area (Å²) in [5.74, 6) is 0.863. The number of carbonyl (C=O) groups is 1. The molecular formula is C24H21NO2S. The lowest BCUT2D eigenvalue weighted by Crippen LogP contribution is -2.58. The molecule has 0 bridgehead atoms. The van der Waals surface area contributed by atoms with Gasteiger partial charge < -0.3 is 9.64 Å². The molecule has 140 valence electrons. The summed E-state index contributed by atoms with van der Waals surface area (Å²) in [6, 6.07) is 16.7. The Bertz CT molecular complexity index is 1130. The molecule has 0 fully saturated rings. The molecule has 4 heteroatoms. The van der Waals surface area contributed by atoms with Crippen LogP contribution in [0.15, 0.2) is 60.0 Å². The van der Waals surface area contributed by atoms with Crippen LogP contribution in [0.25, 0.3) is 17.2 Å². The second-order valence-electron chi connectivity index (χ2n) is 7.90. The third kappa shape index (κ3) is 2.12. The minimum absolute atomic E-state index is 0.205. The van der Waals surface area contributed by atoms with Crippen LogP contribution in [0.1, 0.15) is 34.6 Å². The summed E-state index contributed by atoms with van der Waals surface area (Å²) in [4.78, 5) is 14.3. The number of thiophene rings is 1. The van der Waals surface area contributed by atoms with E-state index in [4.69, 9.17) is 4.74 Å². The first-order chi connectivity index (χ1) is 13.5. The first-order valence-electron chi connectivity index (χ1n) is 9.36. The topological polar surface area (TPSA) is 29.5 Å². The average Bonchev–Trinajstić information content (AvgIpc) is 3.26. The van der Waals surface area contributed by atoms with Crippen LogP contribution >= 0.6 is 11.3 Å². The zero-order chi connectivity index (χ0) is 19.5. The van der Waals surface area contributed by atoms with Crippen LogP contribution in [0, 0.1) is 0 Å². The van der Waals surface area contributed by atoms with Crippen molar-refractivity contribution in [3.8, 4) is 16.9 Å². The molecule has 5 rings (SSSR count). The lowest BCUT2D eigenvalue weighted by Gasteiger charge is -2.45. The molecular weight excluding hydrogens is 366 g/mol. The quantitative estimate of drug-likeness (QED) is 0.524. The van der Waals surface area contributed by atoms with Crippen LogP contribution in [0.5, 0.6) is 5.75 Å². The number of nitrogens with zero attached hydrogens (tertiary/aromatic N) is 1. The smallest absolute Gasteiger partial charge is 0.211 e. The maximum Gasteiger partial charge on any atom is 0.211 e. The fourth-order valence-electron chi connectivity index (χ4n) is 4.60. The average molecular weight is 388 g/mol. The van der Waals surface area contributed by atoms with Crippen molar-refractivity contribution in [2.24, 2.45) is 0 Å². The second-order valence-corrected chi connectivity index (χ2v) is 8.85. The van der Waals surface area contributed by atoms with Crippen LogP contribution < -0.4 is 9.64 Å². The number of aldehydes is 1. The van der Waals surface area contributed by atoms with Gasteiger partial charge in [0.1, 0.15) is 5.75 Å². The molecule has 2 aromatic carbocycles. The Hall–Kier alpha value is -2.85. The van der Waals surface area contributed by atoms with Gasteiger partial charge in [0.25, 0.3) is 0 Å². The third-order valence-corrected chi connectivity index (χ3v) is 7.05. The highest BCUT2D eigenvalue weighted by molar-refractivity contribution is 7.12. The number of hydrogen-bond donors (Lipinski definition) is 0. The fourth-order valence-corrected chi connectivity index (χ4v) is 5.32. The second kappa shape index (κ2) is 5.82. The summed E-state index contributed by atoms with van der Waals surface area (Å²) in [5.41, 5.74) is 4.76. The molecule has 28 heavy (non-hydrogen) atoms. The Labute approximate surface area is 168 Å². The highest BCUT2D eigenvalue weighted by Gasteiger charge is 2.57. The highest BCUT2D eigenvalue weighted by atomic mass is 32.1. The molecule has 0 saturated heterocycles. The molecule has 0 aliphatic carbocycles. The molecule has 3 aromatic rings. The number of likely N-dealkylation sites (N-methyl/N-ethyl adjacent to an activating group) is 1. The summed E-state index contributed by atoms with van der Waals surface area (Å²) in [5, 5.41) is 1.95. The van der Waals surface area contributed by atoms with E-state index in [-0.39, 0.29) is 5.41 Å². The summed E-state index contributed by atoms with van der Waals surface area (Å²) in [6.07, 6.45) is 5.25. The number of para-hydroxylation sites is 1. The first kappa shape index (κ1) is 17.3. The predicted octanol–water partition coefficient (Wildman–Crippen LogP) is 5.76. The zero-order valence-electron chi connectivity index (χ0n) is 16.1. The van der Waals surface area contributed by atoms with Gasteiger partial charge >= 0.3 is 0 Å². The van der Waals surface area contributed by atoms with Gasteiger partial charge in [-0.25, -0.2) is 0 Å². The van der Waals surface area contributed by atoms with Gasteiger partial charge in [0, 0.05) is 23.9 Å². The first-order valence-corrected chi connectivity index (χ1v) is 10.2. The molecule has 3 heterocycles. The molecule has 2 aliphatic rings. The zero-order valence-corrected chi connectivity index (χ0v) is 16.9. The maximum absolute atomic E-state index is 11.3. The lowest BCUT2D eigenvalue weighted by atomic mass is 9.76. The van der Waals surface area contributed by atoms with Gasteiger partial charge in [-0.1, -0.05) is 24.3 Å². The molecule has 1 unspecified atom stereocenters. The van der Waals surface area contributed by atoms with E-state index >= 15 is 0 Å². The Morgan fingerprint density at radius 2 is 1.93 bits per heavy atom. The standard InChI is InChI=1S/C24H21NO2S/c1-23(2)19-6-4-5-7-20(19)25(3)24(23)12-10-17-14-16(8-9-21(17)27-24)18-11-13-28-22(18)15-26/h4-15H,1-3H3. The molecule has 2 aliphatic heterocycles. The number of anilines is 1. The van der Waals surface area contributed by atoms with Crippen molar-refractivity contribution in [3.05, 3.63) is 76.0 Å². The van der Waals surface area contributed by atoms with Crippen LogP contribution in [-0.4, -0.2) is 19.1 Å². The number of benzene rings is 2. The number of carbonyl (C=O) groups excluding carboxylic acids is 1. The normalized spacial score (nSPS) is 21.3. The van der Waals surface area contributed by atoms with Gasteiger partial charge in [-0.3, -0.25) is 4.79 Å². The molecule has 1 atom stereocenters. The van der Waals surface area contributed by atoms with E-state index in [1.54, 1.807) is 0 Å². The van der Waals surface area contributed by atoms with Gasteiger partial charge in [-0.15, -0.1) is 11.3 Å². The van der Waals surface area contributed by atoms with Crippen molar-refractivity contribution in [2.75, 3.05) is 11.9 Å². The fraction of sp³-hybridized carbons (Fsp3) is 0.208. The molecule has 1 spiro atoms. The molecule has 3 nitrogen and oxygen atoms in total. The Kier molecular flexibility index (Phi) is 3.59. The van der Waals surface area contributed by atoms with Crippen molar-refractivity contribution >= 4 is 29.4 Å². The van der Waals surface area contributed by atoms with Crippen LogP contribution in [0.3, 0.4) is 0 Å². The van der Waals surface area contributed by atoms with Gasteiger partial charge in [0.05, 0.1) is 10.3 Å². The third-order valence-electron chi connectivity index (χ3n) is 6.21. The van der Waals surface area contributed by atoms with Crippen molar-refractivity contribution < 1.29 is 9.53 Å². The maximum atomic E-state index is 11.3. The van der Waals surface area contributed by atoms with Crippen molar-refractivity contribution in [1.29, 1.82) is 0 Å². The van der Waals surface area contributed by atoms with Crippen molar-refractivity contribution in [1.82, 2.24) is 0 Å². The van der Waals surface area contributed by atoms with E-state index in [0.29, 0.717) is 0 Å². The molecule has 1 aromatic heterocycles. The predicted molar refractivity (Wildman–Crippen MR) is 115 cm³/mol. The summed E-state index contributed by atoms with van der Waals surface area (Å²) >= 11 is 1.47. The Balaban J connectivity index is 1.59. The molecule has 0 amide bonds. The van der Waals surface area contributed by atoms with E-state index < -0.39 is 5.72 Å². The minimum atomic E-state index is -0.568. The van der Waals surface area contributed by atoms with Crippen LogP contribution in [-0.2, 0) is 5.41 Å². The van der Waals surface area contributed by atoms with Gasteiger partial charge in [0.15, 0.2) is 6.29 Å². The number of hydrogen-bond acceptors (Lipinski definition) is 4. The van der Waals surface area contributed by atoms with E-state index in [9.17, 15) is 4.79 Å². The largest absolute Gasteiger partial charge is 0.463 e. The van der Waals surface area contributed by atoms with Gasteiger partial charge in [-0.2, -0.15) is 0 Å². The van der Waals surface area contributed by atoms with E-state index in [1.165, 1.54) is 22.6 Å². The van der Waals surface area contributed by atoms with Crippen molar-refractivity contribution in [2.45, 2.75) is 25.0 Å². The number of rotatable bonds is 2. The Morgan fingerprint density at radius 3 is 2.71 bits per heavy atom. The van der Waals surface area contributed by atoms with Gasteiger partial charge in [-0.05, 0) is 66.8 Å². The van der Waals surface area contributed by atoms with Crippen molar-refractivity contribution in [3.63, 3.8) is 0 Å². The summed E-state index contributed by atoms with van der Waals surface area (Å²) in [6.45, 7) is 4.47. The van der Waals surface area contributed by atoms with E-state index in [2.05, 4.69) is 68.3 Å². The Morgan fingerprint density at radius 1 is 1.11 bits per heavy atom. The lowest BCUT2D eigenvalue weighted by molar-refractivity contribution is 0.0582. The summed E-state index contributed by atoms with van der Waals surface area (Å²) in [7, 11) is 2.10. The van der Waals surface area contributed by atoms with E-state index in [1.807, 2.05) is 23.6 Å². The van der Waals surface area contributed by atoms with Gasteiger partial charge in [0.2, 0.25) is 5.72 Å². The SMILES string of the molecule is CN1c2ccccc2C(C)(C)C12C=Cc1cc(-c3ccsc3C=O)ccc1O2. The highest BCUT2D eigenvalue weighted by Crippen LogP contribution is 2.54. The van der Waals surface area contributed by atoms with Crippen LogP contribution in [0.4, 0.5) is 5.69 Å². The number of ether oxygens (including phenoxy) is 1. The van der Waals surface area contributed by atoms with E-state index in [0.717, 1.165) is 33.6 Å². The minimum Gasteiger partial charge on any atom is -0.463 e. The number of fused-ring (bicyclic) bond motifs is 2. The van der Waals surface area contributed by atoms with Crippen LogP contribution in [0.2, 0.25) is 0 Å². The molecule has 0 N–H and O–H groups in total. The summed E-state index contributed by atoms with van der Waals surface area (Å²) < 4.78 is 6.69. The molecule has 0 radical (unpaired) electrons. The molecule has 0 saturated carbocycles. The monoisotopic (exact) mass is 387 g/mol.